The minimum Gasteiger partial charge on any atom is -0.355 e. The van der Waals surface area contributed by atoms with Crippen molar-refractivity contribution in [2.45, 2.75) is 85.5 Å². The van der Waals surface area contributed by atoms with Crippen LogP contribution >= 0.6 is 0 Å². The second-order valence-electron chi connectivity index (χ2n) is 10.7. The fourth-order valence-electron chi connectivity index (χ4n) is 3.16. The molecule has 0 bridgehead atoms. The van der Waals surface area contributed by atoms with Gasteiger partial charge in [-0.1, -0.05) is 20.8 Å². The van der Waals surface area contributed by atoms with Crippen LogP contribution in [0.3, 0.4) is 0 Å². The molecule has 0 spiro atoms. The fraction of sp³-hybridized carbons (Fsp3) is 0.760. The molecule has 4 amide bonds. The zero-order chi connectivity index (χ0) is 29.8. The molecule has 0 saturated heterocycles. The van der Waals surface area contributed by atoms with Crippen LogP contribution in [0.1, 0.15) is 61.3 Å². The van der Waals surface area contributed by atoms with Crippen molar-refractivity contribution in [1.82, 2.24) is 21.3 Å². The molecule has 13 heteroatoms. The van der Waals surface area contributed by atoms with Gasteiger partial charge in [0, 0.05) is 49.7 Å². The van der Waals surface area contributed by atoms with Gasteiger partial charge in [-0.05, 0) is 27.7 Å². The number of amides is 4. The number of carbonyl (C=O) groups is 6. The van der Waals surface area contributed by atoms with E-state index in [1.807, 2.05) is 0 Å². The van der Waals surface area contributed by atoms with E-state index in [2.05, 4.69) is 21.3 Å². The molecule has 6 unspecified atom stereocenters. The lowest BCUT2D eigenvalue weighted by Crippen LogP contribution is -2.54. The summed E-state index contributed by atoms with van der Waals surface area (Å²) in [5, 5.41) is 10.8. The minimum atomic E-state index is -0.865. The molecule has 13 nitrogen and oxygen atoms in total. The van der Waals surface area contributed by atoms with Gasteiger partial charge in [-0.3, -0.25) is 28.8 Å². The van der Waals surface area contributed by atoms with Gasteiger partial charge >= 0.3 is 0 Å². The molecule has 0 fully saturated rings. The Bertz CT molecular complexity index is 752. The van der Waals surface area contributed by atoms with Crippen molar-refractivity contribution in [2.24, 2.45) is 34.5 Å². The van der Waals surface area contributed by atoms with Gasteiger partial charge in [0.25, 0.3) is 0 Å². The number of carbonyl (C=O) groups excluding carboxylic acids is 6. The normalized spacial score (nSPS) is 17.4. The Kier molecular flexibility index (Phi) is 14.9. The number of nitrogens with one attached hydrogen (secondary N) is 4. The number of hydrogen-bond donors (Lipinski definition) is 7. The Morgan fingerprint density at radius 2 is 0.921 bits per heavy atom. The van der Waals surface area contributed by atoms with E-state index < -0.39 is 53.2 Å². The quantitative estimate of drug-likeness (QED) is 0.109. The highest BCUT2D eigenvalue weighted by atomic mass is 16.2. The predicted octanol–water partition coefficient (Wildman–Crippen LogP) is -1.92. The molecule has 10 N–H and O–H groups in total. The number of hydrogen-bond acceptors (Lipinski definition) is 9. The number of ketones is 2. The lowest BCUT2D eigenvalue weighted by Gasteiger charge is -2.32. The Morgan fingerprint density at radius 3 is 1.24 bits per heavy atom. The first-order chi connectivity index (χ1) is 17.4. The van der Waals surface area contributed by atoms with Crippen molar-refractivity contribution in [3.05, 3.63) is 0 Å². The van der Waals surface area contributed by atoms with E-state index in [1.54, 1.807) is 34.6 Å². The predicted molar refractivity (Wildman–Crippen MR) is 143 cm³/mol. The fourth-order valence-corrected chi connectivity index (χ4v) is 3.16. The Morgan fingerprint density at radius 1 is 0.579 bits per heavy atom. The van der Waals surface area contributed by atoms with Crippen molar-refractivity contribution in [3.63, 3.8) is 0 Å². The molecule has 0 aliphatic heterocycles. The van der Waals surface area contributed by atoms with E-state index in [9.17, 15) is 28.8 Å². The SMILES string of the molecule is CC(N)C(=O)CC(C)C(=O)NCC(C)(CNC(=O)C(C)CC(=O)C(C)N)CNC(=O)C(C)NC(=O)C(C)N. The summed E-state index contributed by atoms with van der Waals surface area (Å²) < 4.78 is 0. The first kappa shape index (κ1) is 35.1. The molecule has 38 heavy (non-hydrogen) atoms. The van der Waals surface area contributed by atoms with Gasteiger partial charge in [0.15, 0.2) is 0 Å². The van der Waals surface area contributed by atoms with E-state index in [1.165, 1.54) is 13.8 Å². The van der Waals surface area contributed by atoms with Crippen LogP contribution < -0.4 is 38.5 Å². The summed E-state index contributed by atoms with van der Waals surface area (Å²) in [7, 11) is 0. The van der Waals surface area contributed by atoms with Gasteiger partial charge in [-0.2, -0.15) is 0 Å². The van der Waals surface area contributed by atoms with Gasteiger partial charge in [0.1, 0.15) is 17.6 Å². The molecule has 6 atom stereocenters. The summed E-state index contributed by atoms with van der Waals surface area (Å²) in [4.78, 5) is 73.4. The van der Waals surface area contributed by atoms with Crippen molar-refractivity contribution in [1.29, 1.82) is 0 Å². The highest BCUT2D eigenvalue weighted by Gasteiger charge is 2.30. The third-order valence-electron chi connectivity index (χ3n) is 6.16. The van der Waals surface area contributed by atoms with Gasteiger partial charge in [-0.15, -0.1) is 0 Å². The zero-order valence-corrected chi connectivity index (χ0v) is 23.7. The molecule has 0 aromatic rings. The Hall–Kier alpha value is -2.90. The van der Waals surface area contributed by atoms with Gasteiger partial charge in [-0.25, -0.2) is 0 Å². The smallest absolute Gasteiger partial charge is 0.242 e. The summed E-state index contributed by atoms with van der Waals surface area (Å²) in [6.45, 7) is 11.2. The molecule has 0 rings (SSSR count). The number of nitrogens with two attached hydrogens (primary N) is 3. The van der Waals surface area contributed by atoms with Gasteiger partial charge in [0.05, 0.1) is 18.1 Å². The van der Waals surface area contributed by atoms with Crippen LogP contribution in [-0.4, -0.2) is 79.0 Å². The highest BCUT2D eigenvalue weighted by molar-refractivity contribution is 5.90. The van der Waals surface area contributed by atoms with E-state index >= 15 is 0 Å². The van der Waals surface area contributed by atoms with Crippen LogP contribution in [0.2, 0.25) is 0 Å². The van der Waals surface area contributed by atoms with Gasteiger partial charge in [0.2, 0.25) is 23.6 Å². The monoisotopic (exact) mass is 541 g/mol. The lowest BCUT2D eigenvalue weighted by atomic mass is 9.89. The number of rotatable bonds is 17. The Balaban J connectivity index is 5.37. The molecule has 0 saturated carbocycles. The first-order valence-corrected chi connectivity index (χ1v) is 12.9. The maximum atomic E-state index is 12.6. The molecule has 0 aliphatic carbocycles. The van der Waals surface area contributed by atoms with Gasteiger partial charge < -0.3 is 38.5 Å². The standard InChI is InChI=1S/C25H47N7O6/c1-13(8-19(33)15(3)26)21(35)29-10-25(7,11-30-22(36)14(2)9-20(34)16(4)27)12-31-24(38)18(6)32-23(37)17(5)28/h13-18H,8-12,26-28H2,1-7H3,(H,29,35)(H,30,36)(H,31,38)(H,32,37). The van der Waals surface area contributed by atoms with Crippen molar-refractivity contribution in [3.8, 4) is 0 Å². The maximum Gasteiger partial charge on any atom is 0.242 e. The molecule has 0 aromatic heterocycles. The summed E-state index contributed by atoms with van der Waals surface area (Å²) >= 11 is 0. The molecule has 0 heterocycles. The molecule has 0 radical (unpaired) electrons. The van der Waals surface area contributed by atoms with E-state index in [0.717, 1.165) is 0 Å². The second-order valence-corrected chi connectivity index (χ2v) is 10.7. The molecule has 0 aliphatic rings. The van der Waals surface area contributed by atoms with Crippen molar-refractivity contribution in [2.75, 3.05) is 19.6 Å². The number of Topliss-reactive ketones (excluding diaryl/α,β-unsaturated/α-hetero) is 2. The van der Waals surface area contributed by atoms with Crippen LogP contribution in [0.25, 0.3) is 0 Å². The highest BCUT2D eigenvalue weighted by Crippen LogP contribution is 2.15. The second kappa shape index (κ2) is 16.1. The van der Waals surface area contributed by atoms with Crippen molar-refractivity contribution >= 4 is 35.2 Å². The first-order valence-electron chi connectivity index (χ1n) is 12.9. The third kappa shape index (κ3) is 13.1. The maximum absolute atomic E-state index is 12.6. The summed E-state index contributed by atoms with van der Waals surface area (Å²) in [6.07, 6.45) is -0.0366. The van der Waals surface area contributed by atoms with Crippen LogP contribution in [0, 0.1) is 17.3 Å². The molecular formula is C25H47N7O6. The topological polar surface area (TPSA) is 229 Å². The molecular weight excluding hydrogens is 494 g/mol. The van der Waals surface area contributed by atoms with Crippen LogP contribution in [0.5, 0.6) is 0 Å². The van der Waals surface area contributed by atoms with E-state index in [-0.39, 0.29) is 55.9 Å². The summed E-state index contributed by atoms with van der Waals surface area (Å²) in [5.74, 6) is -3.46. The van der Waals surface area contributed by atoms with E-state index in [4.69, 9.17) is 17.2 Å². The average Bonchev–Trinajstić information content (AvgIpc) is 2.83. The zero-order valence-electron chi connectivity index (χ0n) is 23.7. The lowest BCUT2D eigenvalue weighted by molar-refractivity contribution is -0.130. The molecule has 218 valence electrons. The summed E-state index contributed by atoms with van der Waals surface area (Å²) in [5.41, 5.74) is 15.8. The average molecular weight is 542 g/mol. The largest absolute Gasteiger partial charge is 0.355 e. The third-order valence-corrected chi connectivity index (χ3v) is 6.16. The summed E-state index contributed by atoms with van der Waals surface area (Å²) in [6, 6.07) is -3.01. The van der Waals surface area contributed by atoms with Crippen molar-refractivity contribution < 1.29 is 28.8 Å². The van der Waals surface area contributed by atoms with Crippen LogP contribution in [0.4, 0.5) is 0 Å². The molecule has 0 aromatic carbocycles. The van der Waals surface area contributed by atoms with E-state index in [0.29, 0.717) is 0 Å². The van der Waals surface area contributed by atoms with Crippen LogP contribution in [0.15, 0.2) is 0 Å². The Labute approximate surface area is 225 Å². The van der Waals surface area contributed by atoms with Crippen LogP contribution in [-0.2, 0) is 28.8 Å². The minimum absolute atomic E-state index is 0.0183.